The van der Waals surface area contributed by atoms with E-state index in [0.29, 0.717) is 18.1 Å². The highest BCUT2D eigenvalue weighted by molar-refractivity contribution is 7.07. The molecule has 0 fully saturated rings. The van der Waals surface area contributed by atoms with Crippen molar-refractivity contribution in [2.45, 2.75) is 13.5 Å². The SMILES string of the molecule is CCNc1cnc(C(=O)NCc2ccsc2)cn1. The average molecular weight is 262 g/mol. The van der Waals surface area contributed by atoms with Gasteiger partial charge in [-0.15, -0.1) is 0 Å². The molecule has 0 radical (unpaired) electrons. The van der Waals surface area contributed by atoms with Crippen molar-refractivity contribution in [1.29, 1.82) is 0 Å². The van der Waals surface area contributed by atoms with Crippen LogP contribution in [0.25, 0.3) is 0 Å². The third-order valence-corrected chi connectivity index (χ3v) is 3.01. The van der Waals surface area contributed by atoms with Gasteiger partial charge in [0.1, 0.15) is 11.5 Å². The molecule has 18 heavy (non-hydrogen) atoms. The number of nitrogens with one attached hydrogen (secondary N) is 2. The highest BCUT2D eigenvalue weighted by atomic mass is 32.1. The quantitative estimate of drug-likeness (QED) is 0.863. The van der Waals surface area contributed by atoms with E-state index in [1.54, 1.807) is 17.5 Å². The van der Waals surface area contributed by atoms with Crippen molar-refractivity contribution in [3.8, 4) is 0 Å². The van der Waals surface area contributed by atoms with Gasteiger partial charge in [0.2, 0.25) is 0 Å². The largest absolute Gasteiger partial charge is 0.369 e. The topological polar surface area (TPSA) is 66.9 Å². The van der Waals surface area contributed by atoms with Gasteiger partial charge in [-0.2, -0.15) is 11.3 Å². The highest BCUT2D eigenvalue weighted by Gasteiger charge is 2.07. The lowest BCUT2D eigenvalue weighted by Gasteiger charge is -2.04. The van der Waals surface area contributed by atoms with Crippen molar-refractivity contribution in [2.24, 2.45) is 0 Å². The normalized spacial score (nSPS) is 10.1. The molecule has 5 nitrogen and oxygen atoms in total. The van der Waals surface area contributed by atoms with E-state index >= 15 is 0 Å². The maximum absolute atomic E-state index is 11.8. The molecule has 6 heteroatoms. The maximum Gasteiger partial charge on any atom is 0.271 e. The summed E-state index contributed by atoms with van der Waals surface area (Å²) < 4.78 is 0. The van der Waals surface area contributed by atoms with Crippen molar-refractivity contribution in [3.63, 3.8) is 0 Å². The Bertz CT molecular complexity index is 495. The molecule has 1 amide bonds. The van der Waals surface area contributed by atoms with E-state index in [1.807, 2.05) is 23.8 Å². The summed E-state index contributed by atoms with van der Waals surface area (Å²) in [5.74, 6) is 0.462. The standard InChI is InChI=1S/C12H14N4OS/c1-2-13-11-7-14-10(6-15-11)12(17)16-5-9-3-4-18-8-9/h3-4,6-8H,2,5H2,1H3,(H,13,15)(H,16,17). The molecular formula is C12H14N4OS. The van der Waals surface area contributed by atoms with Gasteiger partial charge >= 0.3 is 0 Å². The van der Waals surface area contributed by atoms with Crippen LogP contribution in [0.5, 0.6) is 0 Å². The van der Waals surface area contributed by atoms with Gasteiger partial charge in [0.15, 0.2) is 0 Å². The Hall–Kier alpha value is -1.95. The fraction of sp³-hybridized carbons (Fsp3) is 0.250. The lowest BCUT2D eigenvalue weighted by atomic mass is 10.3. The second kappa shape index (κ2) is 6.11. The second-order valence-electron chi connectivity index (χ2n) is 3.63. The number of carbonyl (C=O) groups is 1. The zero-order valence-corrected chi connectivity index (χ0v) is 10.8. The van der Waals surface area contributed by atoms with Gasteiger partial charge in [0, 0.05) is 13.1 Å². The molecule has 0 unspecified atom stereocenters. The van der Waals surface area contributed by atoms with Crippen LogP contribution in [-0.4, -0.2) is 22.4 Å². The first-order chi connectivity index (χ1) is 8.79. The van der Waals surface area contributed by atoms with Gasteiger partial charge < -0.3 is 10.6 Å². The molecule has 2 rings (SSSR count). The van der Waals surface area contributed by atoms with Crippen molar-refractivity contribution in [3.05, 3.63) is 40.5 Å². The summed E-state index contributed by atoms with van der Waals surface area (Å²) in [6, 6.07) is 1.98. The first kappa shape index (κ1) is 12.5. The van der Waals surface area contributed by atoms with Crippen LogP contribution in [-0.2, 0) is 6.54 Å². The fourth-order valence-electron chi connectivity index (χ4n) is 1.38. The summed E-state index contributed by atoms with van der Waals surface area (Å²) in [5, 5.41) is 9.80. The molecule has 0 saturated heterocycles. The molecule has 0 atom stereocenters. The van der Waals surface area contributed by atoms with Crippen LogP contribution in [0.15, 0.2) is 29.2 Å². The van der Waals surface area contributed by atoms with E-state index < -0.39 is 0 Å². The smallest absolute Gasteiger partial charge is 0.271 e. The van der Waals surface area contributed by atoms with Crippen molar-refractivity contribution >= 4 is 23.1 Å². The molecule has 0 bridgehead atoms. The number of carbonyl (C=O) groups excluding carboxylic acids is 1. The zero-order valence-electron chi connectivity index (χ0n) is 10.0. The number of hydrogen-bond acceptors (Lipinski definition) is 5. The Kier molecular flexibility index (Phi) is 4.25. The molecular weight excluding hydrogens is 248 g/mol. The minimum atomic E-state index is -0.211. The number of anilines is 1. The molecule has 2 N–H and O–H groups in total. The average Bonchev–Trinajstić information content (AvgIpc) is 2.90. The zero-order chi connectivity index (χ0) is 12.8. The minimum absolute atomic E-state index is 0.211. The van der Waals surface area contributed by atoms with Gasteiger partial charge in [-0.05, 0) is 29.3 Å². The third kappa shape index (κ3) is 3.27. The number of hydrogen-bond donors (Lipinski definition) is 2. The lowest BCUT2D eigenvalue weighted by Crippen LogP contribution is -2.23. The second-order valence-corrected chi connectivity index (χ2v) is 4.41. The molecule has 2 aromatic heterocycles. The van der Waals surface area contributed by atoms with Crippen molar-refractivity contribution in [2.75, 3.05) is 11.9 Å². The Morgan fingerprint density at radius 3 is 2.89 bits per heavy atom. The number of rotatable bonds is 5. The number of aromatic nitrogens is 2. The predicted molar refractivity (Wildman–Crippen MR) is 71.7 cm³/mol. The monoisotopic (exact) mass is 262 g/mol. The Morgan fingerprint density at radius 1 is 1.39 bits per heavy atom. The number of nitrogens with zero attached hydrogens (tertiary/aromatic N) is 2. The molecule has 0 spiro atoms. The lowest BCUT2D eigenvalue weighted by molar-refractivity contribution is 0.0945. The summed E-state index contributed by atoms with van der Waals surface area (Å²) in [4.78, 5) is 19.9. The molecule has 0 saturated carbocycles. The van der Waals surface area contributed by atoms with Crippen LogP contribution < -0.4 is 10.6 Å². The van der Waals surface area contributed by atoms with Crippen LogP contribution in [0.2, 0.25) is 0 Å². The fourth-order valence-corrected chi connectivity index (χ4v) is 2.05. The van der Waals surface area contributed by atoms with E-state index in [0.717, 1.165) is 12.1 Å². The molecule has 2 heterocycles. The number of thiophene rings is 1. The molecule has 0 aliphatic rings. The molecule has 0 aliphatic carbocycles. The summed E-state index contributed by atoms with van der Waals surface area (Å²) >= 11 is 1.61. The van der Waals surface area contributed by atoms with Crippen LogP contribution in [0.3, 0.4) is 0 Å². The van der Waals surface area contributed by atoms with Crippen LogP contribution in [0, 0.1) is 0 Å². The van der Waals surface area contributed by atoms with E-state index in [-0.39, 0.29) is 5.91 Å². The van der Waals surface area contributed by atoms with E-state index in [9.17, 15) is 4.79 Å². The van der Waals surface area contributed by atoms with E-state index in [2.05, 4.69) is 20.6 Å². The van der Waals surface area contributed by atoms with Gasteiger partial charge in [-0.3, -0.25) is 4.79 Å². The van der Waals surface area contributed by atoms with Crippen LogP contribution >= 0.6 is 11.3 Å². The highest BCUT2D eigenvalue weighted by Crippen LogP contribution is 2.06. The minimum Gasteiger partial charge on any atom is -0.369 e. The Balaban J connectivity index is 1.92. The first-order valence-corrected chi connectivity index (χ1v) is 6.59. The Labute approximate surface area is 109 Å². The summed E-state index contributed by atoms with van der Waals surface area (Å²) in [6.07, 6.45) is 3.03. The van der Waals surface area contributed by atoms with Crippen molar-refractivity contribution in [1.82, 2.24) is 15.3 Å². The summed E-state index contributed by atoms with van der Waals surface area (Å²) in [6.45, 7) is 3.26. The summed E-state index contributed by atoms with van der Waals surface area (Å²) in [5.41, 5.74) is 1.41. The van der Waals surface area contributed by atoms with Crippen LogP contribution in [0.4, 0.5) is 5.82 Å². The van der Waals surface area contributed by atoms with Crippen molar-refractivity contribution < 1.29 is 4.79 Å². The molecule has 0 aliphatic heterocycles. The van der Waals surface area contributed by atoms with Gasteiger partial charge in [0.25, 0.3) is 5.91 Å². The van der Waals surface area contributed by atoms with Gasteiger partial charge in [-0.1, -0.05) is 0 Å². The molecule has 94 valence electrons. The Morgan fingerprint density at radius 2 is 2.28 bits per heavy atom. The molecule has 0 aromatic carbocycles. The van der Waals surface area contributed by atoms with E-state index in [1.165, 1.54) is 6.20 Å². The van der Waals surface area contributed by atoms with E-state index in [4.69, 9.17) is 0 Å². The number of amides is 1. The maximum atomic E-state index is 11.8. The van der Waals surface area contributed by atoms with Gasteiger partial charge in [0.05, 0.1) is 12.4 Å². The van der Waals surface area contributed by atoms with Gasteiger partial charge in [-0.25, -0.2) is 9.97 Å². The van der Waals surface area contributed by atoms with Crippen LogP contribution in [0.1, 0.15) is 23.0 Å². The third-order valence-electron chi connectivity index (χ3n) is 2.28. The first-order valence-electron chi connectivity index (χ1n) is 5.64. The summed E-state index contributed by atoms with van der Waals surface area (Å²) in [7, 11) is 0. The predicted octanol–water partition coefficient (Wildman–Crippen LogP) is 1.90. The molecule has 2 aromatic rings.